The lowest BCUT2D eigenvalue weighted by molar-refractivity contribution is 0.0940. The highest BCUT2D eigenvalue weighted by atomic mass is 16.5. The van der Waals surface area contributed by atoms with Crippen molar-refractivity contribution in [2.45, 2.75) is 33.1 Å². The van der Waals surface area contributed by atoms with Crippen LogP contribution in [0.2, 0.25) is 0 Å². The van der Waals surface area contributed by atoms with Crippen LogP contribution in [0.15, 0.2) is 18.2 Å². The molecule has 0 aromatic heterocycles. The van der Waals surface area contributed by atoms with Crippen LogP contribution in [0.1, 0.15) is 43.5 Å². The average molecular weight is 294 g/mol. The number of aliphatic hydroxyl groups excluding tert-OH is 1. The first-order chi connectivity index (χ1) is 10.1. The van der Waals surface area contributed by atoms with Crippen molar-refractivity contribution in [3.63, 3.8) is 0 Å². The van der Waals surface area contributed by atoms with Gasteiger partial charge in [-0.15, -0.1) is 0 Å². The standard InChI is InChI=1S/C16H26N2O3/c1-3-6-12(9-10-19)11-18-16(20)15-13(17)7-5-8-14(15)21-4-2/h5,7-8,12,19H,3-4,6,9-11,17H2,1-2H3,(H,18,20). The second kappa shape index (κ2) is 9.23. The highest BCUT2D eigenvalue weighted by molar-refractivity contribution is 6.01. The van der Waals surface area contributed by atoms with Crippen molar-refractivity contribution in [2.75, 3.05) is 25.5 Å². The van der Waals surface area contributed by atoms with E-state index >= 15 is 0 Å². The number of carbonyl (C=O) groups is 1. The average Bonchev–Trinajstić information content (AvgIpc) is 2.45. The summed E-state index contributed by atoms with van der Waals surface area (Å²) in [5, 5.41) is 11.9. The van der Waals surface area contributed by atoms with Gasteiger partial charge in [-0.2, -0.15) is 0 Å². The van der Waals surface area contributed by atoms with Crippen molar-refractivity contribution in [3.8, 4) is 5.75 Å². The lowest BCUT2D eigenvalue weighted by Gasteiger charge is -2.17. The van der Waals surface area contributed by atoms with Gasteiger partial charge in [0.1, 0.15) is 11.3 Å². The Morgan fingerprint density at radius 1 is 1.38 bits per heavy atom. The van der Waals surface area contributed by atoms with Gasteiger partial charge in [-0.3, -0.25) is 4.79 Å². The van der Waals surface area contributed by atoms with E-state index in [0.717, 1.165) is 12.8 Å². The fourth-order valence-electron chi connectivity index (χ4n) is 2.33. The molecule has 0 radical (unpaired) electrons. The molecule has 0 aliphatic rings. The Kier molecular flexibility index (Phi) is 7.61. The molecule has 5 nitrogen and oxygen atoms in total. The second-order valence-electron chi connectivity index (χ2n) is 5.03. The molecule has 118 valence electrons. The Labute approximate surface area is 126 Å². The summed E-state index contributed by atoms with van der Waals surface area (Å²) in [6, 6.07) is 5.20. The first-order valence-corrected chi connectivity index (χ1v) is 7.54. The third kappa shape index (κ3) is 5.27. The van der Waals surface area contributed by atoms with E-state index in [1.807, 2.05) is 6.92 Å². The quantitative estimate of drug-likeness (QED) is 0.610. The van der Waals surface area contributed by atoms with Crippen LogP contribution in [-0.2, 0) is 0 Å². The third-order valence-corrected chi connectivity index (χ3v) is 3.37. The summed E-state index contributed by atoms with van der Waals surface area (Å²) < 4.78 is 5.46. The molecule has 1 aromatic carbocycles. The number of nitrogens with one attached hydrogen (secondary N) is 1. The highest BCUT2D eigenvalue weighted by Crippen LogP contribution is 2.24. The van der Waals surface area contributed by atoms with Gasteiger partial charge < -0.3 is 20.9 Å². The maximum atomic E-state index is 12.3. The predicted molar refractivity (Wildman–Crippen MR) is 84.5 cm³/mol. The number of benzene rings is 1. The molecule has 1 aromatic rings. The van der Waals surface area contributed by atoms with Crippen molar-refractivity contribution >= 4 is 11.6 Å². The fourth-order valence-corrected chi connectivity index (χ4v) is 2.33. The van der Waals surface area contributed by atoms with Crippen LogP contribution in [0.4, 0.5) is 5.69 Å². The van der Waals surface area contributed by atoms with Crippen LogP contribution in [0.25, 0.3) is 0 Å². The van der Waals surface area contributed by atoms with E-state index in [2.05, 4.69) is 12.2 Å². The molecule has 0 saturated heterocycles. The van der Waals surface area contributed by atoms with Crippen molar-refractivity contribution in [1.82, 2.24) is 5.32 Å². The Bertz CT molecular complexity index is 443. The Balaban J connectivity index is 2.74. The Morgan fingerprint density at radius 3 is 2.76 bits per heavy atom. The third-order valence-electron chi connectivity index (χ3n) is 3.37. The van der Waals surface area contributed by atoms with Gasteiger partial charge in [0.2, 0.25) is 0 Å². The Hall–Kier alpha value is -1.75. The molecular formula is C16H26N2O3. The number of carbonyl (C=O) groups excluding carboxylic acids is 1. The molecule has 0 heterocycles. The summed E-state index contributed by atoms with van der Waals surface area (Å²) in [7, 11) is 0. The maximum Gasteiger partial charge on any atom is 0.257 e. The first kappa shape index (κ1) is 17.3. The molecule has 21 heavy (non-hydrogen) atoms. The first-order valence-electron chi connectivity index (χ1n) is 7.54. The van der Waals surface area contributed by atoms with Gasteiger partial charge in [0, 0.05) is 18.8 Å². The minimum Gasteiger partial charge on any atom is -0.493 e. The van der Waals surface area contributed by atoms with Gasteiger partial charge in [0.05, 0.1) is 6.61 Å². The summed E-state index contributed by atoms with van der Waals surface area (Å²) in [5.74, 6) is 0.559. The summed E-state index contributed by atoms with van der Waals surface area (Å²) >= 11 is 0. The van der Waals surface area contributed by atoms with Crippen molar-refractivity contribution in [2.24, 2.45) is 5.92 Å². The number of nitrogens with two attached hydrogens (primary N) is 1. The van der Waals surface area contributed by atoms with Crippen molar-refractivity contribution in [1.29, 1.82) is 0 Å². The molecule has 0 aliphatic heterocycles. The topological polar surface area (TPSA) is 84.6 Å². The fraction of sp³-hybridized carbons (Fsp3) is 0.562. The second-order valence-corrected chi connectivity index (χ2v) is 5.03. The molecular weight excluding hydrogens is 268 g/mol. The molecule has 0 saturated carbocycles. The van der Waals surface area contributed by atoms with E-state index in [0.29, 0.717) is 36.6 Å². The van der Waals surface area contributed by atoms with Gasteiger partial charge in [-0.25, -0.2) is 0 Å². The minimum atomic E-state index is -0.226. The molecule has 1 atom stereocenters. The zero-order valence-corrected chi connectivity index (χ0v) is 12.9. The van der Waals surface area contributed by atoms with Crippen LogP contribution < -0.4 is 15.8 Å². The maximum absolute atomic E-state index is 12.3. The molecule has 0 aliphatic carbocycles. The van der Waals surface area contributed by atoms with E-state index < -0.39 is 0 Å². The number of hydrogen-bond donors (Lipinski definition) is 3. The van der Waals surface area contributed by atoms with E-state index in [9.17, 15) is 4.79 Å². The number of nitrogen functional groups attached to an aromatic ring is 1. The van der Waals surface area contributed by atoms with Gasteiger partial charge in [0.25, 0.3) is 5.91 Å². The van der Waals surface area contributed by atoms with Crippen LogP contribution in [-0.4, -0.2) is 30.8 Å². The molecule has 0 bridgehead atoms. The monoisotopic (exact) mass is 294 g/mol. The normalized spacial score (nSPS) is 12.0. The van der Waals surface area contributed by atoms with Crippen LogP contribution in [0.5, 0.6) is 5.75 Å². The highest BCUT2D eigenvalue weighted by Gasteiger charge is 2.17. The number of amides is 1. The van der Waals surface area contributed by atoms with Crippen LogP contribution in [0, 0.1) is 5.92 Å². The predicted octanol–water partition coefficient (Wildman–Crippen LogP) is 2.20. The zero-order chi connectivity index (χ0) is 15.7. The summed E-state index contributed by atoms with van der Waals surface area (Å²) in [5.41, 5.74) is 6.69. The van der Waals surface area contributed by atoms with Crippen molar-refractivity contribution < 1.29 is 14.6 Å². The minimum absolute atomic E-state index is 0.137. The zero-order valence-electron chi connectivity index (χ0n) is 12.9. The largest absolute Gasteiger partial charge is 0.493 e. The smallest absolute Gasteiger partial charge is 0.257 e. The lowest BCUT2D eigenvalue weighted by Crippen LogP contribution is -2.30. The molecule has 5 heteroatoms. The molecule has 1 amide bonds. The molecule has 0 fully saturated rings. The van der Waals surface area contributed by atoms with E-state index in [4.69, 9.17) is 15.6 Å². The number of aliphatic hydroxyl groups is 1. The number of anilines is 1. The van der Waals surface area contributed by atoms with Crippen molar-refractivity contribution in [3.05, 3.63) is 23.8 Å². The molecule has 4 N–H and O–H groups in total. The summed E-state index contributed by atoms with van der Waals surface area (Å²) in [4.78, 5) is 12.3. The van der Waals surface area contributed by atoms with Gasteiger partial charge in [0.15, 0.2) is 0 Å². The summed E-state index contributed by atoms with van der Waals surface area (Å²) in [6.45, 7) is 5.11. The molecule has 1 rings (SSSR count). The van der Waals surface area contributed by atoms with Gasteiger partial charge in [-0.05, 0) is 37.8 Å². The number of hydrogen-bond acceptors (Lipinski definition) is 4. The van der Waals surface area contributed by atoms with Crippen LogP contribution in [0.3, 0.4) is 0 Å². The molecule has 1 unspecified atom stereocenters. The van der Waals surface area contributed by atoms with E-state index in [-0.39, 0.29) is 18.4 Å². The van der Waals surface area contributed by atoms with Crippen LogP contribution >= 0.6 is 0 Å². The lowest BCUT2D eigenvalue weighted by atomic mass is 10.00. The number of rotatable bonds is 9. The number of ether oxygens (including phenoxy) is 1. The van der Waals surface area contributed by atoms with E-state index in [1.54, 1.807) is 18.2 Å². The van der Waals surface area contributed by atoms with Gasteiger partial charge in [-0.1, -0.05) is 19.4 Å². The Morgan fingerprint density at radius 2 is 2.14 bits per heavy atom. The SMILES string of the molecule is CCCC(CCO)CNC(=O)c1c(N)cccc1OCC. The molecule has 0 spiro atoms. The van der Waals surface area contributed by atoms with E-state index in [1.165, 1.54) is 0 Å². The van der Waals surface area contributed by atoms with Gasteiger partial charge >= 0.3 is 0 Å². The summed E-state index contributed by atoms with van der Waals surface area (Å²) in [6.07, 6.45) is 2.69.